The van der Waals surface area contributed by atoms with Crippen molar-refractivity contribution in [1.29, 1.82) is 0 Å². The Labute approximate surface area is 163 Å². The van der Waals surface area contributed by atoms with E-state index in [2.05, 4.69) is 4.72 Å². The van der Waals surface area contributed by atoms with E-state index in [1.807, 2.05) is 4.90 Å². The highest BCUT2D eigenvalue weighted by Gasteiger charge is 2.31. The Hall–Kier alpha value is -2.42. The molecule has 0 radical (unpaired) electrons. The molecule has 0 spiro atoms. The minimum absolute atomic E-state index is 0.232. The van der Waals surface area contributed by atoms with E-state index in [0.717, 1.165) is 68.6 Å². The van der Waals surface area contributed by atoms with Gasteiger partial charge in [-0.3, -0.25) is 0 Å². The molecule has 1 saturated heterocycles. The number of aromatic carboxylic acids is 1. The molecule has 0 aromatic heterocycles. The lowest BCUT2D eigenvalue weighted by Gasteiger charge is -2.31. The summed E-state index contributed by atoms with van der Waals surface area (Å²) in [5.74, 6) is -2.01. The lowest BCUT2D eigenvalue weighted by Crippen LogP contribution is -2.30. The fourth-order valence-electron chi connectivity index (χ4n) is 3.06. The van der Waals surface area contributed by atoms with Gasteiger partial charge in [-0.1, -0.05) is 0 Å². The third-order valence-electron chi connectivity index (χ3n) is 4.42. The van der Waals surface area contributed by atoms with Gasteiger partial charge in [-0.2, -0.15) is 13.2 Å². The minimum atomic E-state index is -4.49. The van der Waals surface area contributed by atoms with Crippen molar-refractivity contribution in [3.8, 4) is 0 Å². The van der Waals surface area contributed by atoms with Gasteiger partial charge in [-0.15, -0.1) is 0 Å². The van der Waals surface area contributed by atoms with Crippen LogP contribution in [0.5, 0.6) is 0 Å². The van der Waals surface area contributed by atoms with E-state index in [0.29, 0.717) is 5.69 Å². The summed E-state index contributed by atoms with van der Waals surface area (Å²) in [6.45, 7) is 1.49. The molecule has 1 aliphatic rings. The Morgan fingerprint density at radius 2 is 1.79 bits per heavy atom. The van der Waals surface area contributed by atoms with E-state index in [9.17, 15) is 22.4 Å². The highest BCUT2D eigenvalue weighted by atomic mass is 32.2. The van der Waals surface area contributed by atoms with Crippen molar-refractivity contribution >= 4 is 29.3 Å². The zero-order chi connectivity index (χ0) is 20.3. The number of carboxylic acids is 1. The average molecular weight is 414 g/mol. The molecule has 2 N–H and O–H groups in total. The molecule has 0 saturated carbocycles. The molecule has 28 heavy (non-hydrogen) atoms. The van der Waals surface area contributed by atoms with Crippen LogP contribution in [-0.4, -0.2) is 24.2 Å². The molecule has 2 aromatic carbocycles. The normalized spacial score (nSPS) is 14.8. The first-order chi connectivity index (χ1) is 13.2. The van der Waals surface area contributed by atoms with Gasteiger partial charge in [0.05, 0.1) is 22.5 Å². The minimum Gasteiger partial charge on any atom is -0.478 e. The topological polar surface area (TPSA) is 52.6 Å². The molecule has 150 valence electrons. The van der Waals surface area contributed by atoms with Gasteiger partial charge in [0.2, 0.25) is 0 Å². The smallest absolute Gasteiger partial charge is 0.416 e. The second-order valence-electron chi connectivity index (χ2n) is 6.46. The Morgan fingerprint density at radius 1 is 1.07 bits per heavy atom. The van der Waals surface area contributed by atoms with E-state index >= 15 is 0 Å². The van der Waals surface area contributed by atoms with Gasteiger partial charge in [0.1, 0.15) is 5.82 Å². The van der Waals surface area contributed by atoms with E-state index in [-0.39, 0.29) is 16.1 Å². The SMILES string of the molecule is O=C(O)c1cc(F)cc(SNc2cc(C(F)(F)F)ccc2N2CCCCC2)c1. The Bertz CT molecular complexity index is 867. The molecule has 0 aliphatic carbocycles. The van der Waals surface area contributed by atoms with Gasteiger partial charge < -0.3 is 14.7 Å². The van der Waals surface area contributed by atoms with Crippen LogP contribution in [-0.2, 0) is 6.18 Å². The number of carbonyl (C=O) groups is 1. The molecule has 1 aliphatic heterocycles. The van der Waals surface area contributed by atoms with Crippen LogP contribution in [0, 0.1) is 5.82 Å². The van der Waals surface area contributed by atoms with Crippen molar-refractivity contribution in [3.63, 3.8) is 0 Å². The van der Waals surface area contributed by atoms with Crippen molar-refractivity contribution in [2.45, 2.75) is 30.3 Å². The highest BCUT2D eigenvalue weighted by Crippen LogP contribution is 2.38. The van der Waals surface area contributed by atoms with Gasteiger partial charge in [0, 0.05) is 18.0 Å². The fourth-order valence-corrected chi connectivity index (χ4v) is 3.81. The lowest BCUT2D eigenvalue weighted by molar-refractivity contribution is -0.137. The largest absolute Gasteiger partial charge is 0.478 e. The van der Waals surface area contributed by atoms with E-state index in [4.69, 9.17) is 5.11 Å². The molecule has 9 heteroatoms. The summed E-state index contributed by atoms with van der Waals surface area (Å²) in [6, 6.07) is 6.77. The number of alkyl halides is 3. The number of benzene rings is 2. The monoisotopic (exact) mass is 414 g/mol. The molecule has 2 aromatic rings. The first kappa shape index (κ1) is 20.3. The molecular formula is C19H18F4N2O2S. The molecule has 0 amide bonds. The zero-order valence-corrected chi connectivity index (χ0v) is 15.5. The summed E-state index contributed by atoms with van der Waals surface area (Å²) in [7, 11) is 0. The van der Waals surface area contributed by atoms with Crippen LogP contribution >= 0.6 is 11.9 Å². The standard InChI is InChI=1S/C19H18F4N2O2S/c20-14-8-12(18(26)27)9-15(11-14)28-24-16-10-13(19(21,22)23)4-5-17(16)25-6-2-1-3-7-25/h4-5,8-11,24H,1-3,6-7H2,(H,26,27). The van der Waals surface area contributed by atoms with E-state index in [1.54, 1.807) is 0 Å². The number of carboxylic acid groups (broad SMARTS) is 1. The van der Waals surface area contributed by atoms with Crippen LogP contribution in [0.3, 0.4) is 0 Å². The second-order valence-corrected chi connectivity index (χ2v) is 7.34. The van der Waals surface area contributed by atoms with Crippen LogP contribution in [0.25, 0.3) is 0 Å². The van der Waals surface area contributed by atoms with Gasteiger partial charge in [-0.05, 0) is 67.6 Å². The van der Waals surface area contributed by atoms with E-state index in [1.165, 1.54) is 12.1 Å². The first-order valence-corrected chi connectivity index (χ1v) is 9.48. The molecule has 0 bridgehead atoms. The maximum atomic E-state index is 13.6. The first-order valence-electron chi connectivity index (χ1n) is 8.67. The number of nitrogens with one attached hydrogen (secondary N) is 1. The van der Waals surface area contributed by atoms with Crippen molar-refractivity contribution in [2.24, 2.45) is 0 Å². The Kier molecular flexibility index (Phi) is 6.02. The van der Waals surface area contributed by atoms with E-state index < -0.39 is 23.5 Å². The number of rotatable bonds is 5. The van der Waals surface area contributed by atoms with Gasteiger partial charge in [0.15, 0.2) is 0 Å². The maximum absolute atomic E-state index is 13.6. The number of halogens is 4. The van der Waals surface area contributed by atoms with Crippen LogP contribution in [0.15, 0.2) is 41.3 Å². The van der Waals surface area contributed by atoms with Crippen LogP contribution in [0.4, 0.5) is 28.9 Å². The molecule has 1 fully saturated rings. The Morgan fingerprint density at radius 3 is 2.43 bits per heavy atom. The molecule has 0 atom stereocenters. The summed E-state index contributed by atoms with van der Waals surface area (Å²) in [6.07, 6.45) is -1.49. The highest BCUT2D eigenvalue weighted by molar-refractivity contribution is 8.00. The summed E-state index contributed by atoms with van der Waals surface area (Å²) in [5.41, 5.74) is -0.135. The predicted octanol–water partition coefficient (Wildman–Crippen LogP) is 5.65. The number of nitrogens with zero attached hydrogens (tertiary/aromatic N) is 1. The fraction of sp³-hybridized carbons (Fsp3) is 0.316. The summed E-state index contributed by atoms with van der Waals surface area (Å²) < 4.78 is 55.9. The predicted molar refractivity (Wildman–Crippen MR) is 100 cm³/mol. The molecule has 4 nitrogen and oxygen atoms in total. The maximum Gasteiger partial charge on any atom is 0.416 e. The number of piperidine rings is 1. The van der Waals surface area contributed by atoms with Crippen molar-refractivity contribution in [1.82, 2.24) is 0 Å². The van der Waals surface area contributed by atoms with Gasteiger partial charge >= 0.3 is 12.1 Å². The van der Waals surface area contributed by atoms with Crippen LogP contribution < -0.4 is 9.62 Å². The molecule has 0 unspecified atom stereocenters. The third-order valence-corrected chi connectivity index (χ3v) is 5.21. The van der Waals surface area contributed by atoms with Gasteiger partial charge in [0.25, 0.3) is 0 Å². The zero-order valence-electron chi connectivity index (χ0n) is 14.7. The third kappa shape index (κ3) is 4.89. The van der Waals surface area contributed by atoms with Crippen LogP contribution in [0.2, 0.25) is 0 Å². The summed E-state index contributed by atoms with van der Waals surface area (Å²) >= 11 is 0.869. The molecule has 1 heterocycles. The quantitative estimate of drug-likeness (QED) is 0.489. The number of hydrogen-bond donors (Lipinski definition) is 2. The van der Waals surface area contributed by atoms with Crippen molar-refractivity contribution in [2.75, 3.05) is 22.7 Å². The van der Waals surface area contributed by atoms with Crippen molar-refractivity contribution in [3.05, 3.63) is 53.3 Å². The molecule has 3 rings (SSSR count). The Balaban J connectivity index is 1.89. The van der Waals surface area contributed by atoms with Gasteiger partial charge in [-0.25, -0.2) is 9.18 Å². The average Bonchev–Trinajstić information content (AvgIpc) is 2.65. The summed E-state index contributed by atoms with van der Waals surface area (Å²) in [5, 5.41) is 9.03. The lowest BCUT2D eigenvalue weighted by atomic mass is 10.1. The number of anilines is 2. The van der Waals surface area contributed by atoms with Crippen LogP contribution in [0.1, 0.15) is 35.2 Å². The summed E-state index contributed by atoms with van der Waals surface area (Å²) in [4.78, 5) is 13.3. The molecular weight excluding hydrogens is 396 g/mol. The van der Waals surface area contributed by atoms with Crippen molar-refractivity contribution < 1.29 is 27.5 Å². The second kappa shape index (κ2) is 8.30. The number of hydrogen-bond acceptors (Lipinski definition) is 4.